The van der Waals surface area contributed by atoms with Crippen molar-refractivity contribution in [3.8, 4) is 0 Å². The van der Waals surface area contributed by atoms with Gasteiger partial charge in [-0.3, -0.25) is 14.9 Å². The number of aliphatic hydroxyl groups excluding tert-OH is 1. The smallest absolute Gasteiger partial charge is 0.314 e. The third-order valence-electron chi connectivity index (χ3n) is 2.55. The molecule has 20 heavy (non-hydrogen) atoms. The molecule has 0 bridgehead atoms. The normalized spacial score (nSPS) is 11.9. The van der Waals surface area contributed by atoms with Crippen LogP contribution in [0.4, 0.5) is 5.82 Å². The molecule has 0 aliphatic heterocycles. The predicted molar refractivity (Wildman–Crippen MR) is 72.2 cm³/mol. The number of hydrogen-bond acceptors (Lipinski definition) is 6. The molecule has 1 unspecified atom stereocenters. The lowest BCUT2D eigenvalue weighted by atomic mass is 10.2. The molecule has 2 amide bonds. The monoisotopic (exact) mass is 295 g/mol. The summed E-state index contributed by atoms with van der Waals surface area (Å²) in [5, 5.41) is 19.8. The maximum Gasteiger partial charge on any atom is 0.314 e. The highest BCUT2D eigenvalue weighted by Crippen LogP contribution is 2.22. The molecule has 0 fully saturated rings. The molecular formula is C12H13N3O4S. The SMILES string of the molecule is Cc1ccsc1C(O)CNC(=O)C(=O)Nc1ccon1. The Labute approximate surface area is 118 Å². The Morgan fingerprint density at radius 3 is 2.85 bits per heavy atom. The zero-order valence-electron chi connectivity index (χ0n) is 10.6. The second-order valence-corrected chi connectivity index (χ2v) is 4.98. The third-order valence-corrected chi connectivity index (χ3v) is 3.67. The fraction of sp³-hybridized carbons (Fsp3) is 0.250. The summed E-state index contributed by atoms with van der Waals surface area (Å²) in [6, 6.07) is 3.29. The lowest BCUT2D eigenvalue weighted by Crippen LogP contribution is -2.37. The van der Waals surface area contributed by atoms with Gasteiger partial charge in [0.05, 0.1) is 0 Å². The summed E-state index contributed by atoms with van der Waals surface area (Å²) in [6.45, 7) is 1.83. The van der Waals surface area contributed by atoms with Crippen LogP contribution in [-0.2, 0) is 9.59 Å². The zero-order chi connectivity index (χ0) is 14.5. The summed E-state index contributed by atoms with van der Waals surface area (Å²) in [7, 11) is 0. The topological polar surface area (TPSA) is 104 Å². The van der Waals surface area contributed by atoms with Crippen LogP contribution in [0.5, 0.6) is 0 Å². The van der Waals surface area contributed by atoms with E-state index in [0.29, 0.717) is 0 Å². The highest BCUT2D eigenvalue weighted by atomic mass is 32.1. The van der Waals surface area contributed by atoms with Crippen LogP contribution in [0.15, 0.2) is 28.3 Å². The van der Waals surface area contributed by atoms with Crippen molar-refractivity contribution in [2.24, 2.45) is 0 Å². The molecule has 8 heteroatoms. The number of aryl methyl sites for hydroxylation is 1. The van der Waals surface area contributed by atoms with Crippen LogP contribution in [0.3, 0.4) is 0 Å². The molecule has 106 valence electrons. The van der Waals surface area contributed by atoms with E-state index in [1.54, 1.807) is 0 Å². The number of anilines is 1. The molecular weight excluding hydrogens is 282 g/mol. The zero-order valence-corrected chi connectivity index (χ0v) is 11.4. The number of aromatic nitrogens is 1. The number of carbonyl (C=O) groups is 2. The van der Waals surface area contributed by atoms with Crippen molar-refractivity contribution in [3.63, 3.8) is 0 Å². The van der Waals surface area contributed by atoms with Gasteiger partial charge < -0.3 is 14.9 Å². The second kappa shape index (κ2) is 6.31. The standard InChI is InChI=1S/C12H13N3O4S/c1-7-3-5-20-10(7)8(16)6-13-11(17)12(18)14-9-2-4-19-15-9/h2-5,8,16H,6H2,1H3,(H,13,17)(H,14,15,18). The number of nitrogens with zero attached hydrogens (tertiary/aromatic N) is 1. The van der Waals surface area contributed by atoms with Gasteiger partial charge in [-0.25, -0.2) is 0 Å². The first-order valence-corrected chi connectivity index (χ1v) is 6.67. The Hall–Kier alpha value is -2.19. The van der Waals surface area contributed by atoms with Gasteiger partial charge in [-0.05, 0) is 23.9 Å². The molecule has 2 heterocycles. The van der Waals surface area contributed by atoms with Crippen LogP contribution in [0.1, 0.15) is 16.5 Å². The highest BCUT2D eigenvalue weighted by Gasteiger charge is 2.18. The molecule has 2 aromatic rings. The van der Waals surface area contributed by atoms with Gasteiger partial charge in [0, 0.05) is 17.5 Å². The average molecular weight is 295 g/mol. The first kappa shape index (κ1) is 14.2. The summed E-state index contributed by atoms with van der Waals surface area (Å²) in [4.78, 5) is 23.8. The molecule has 0 aliphatic carbocycles. The molecule has 0 aliphatic rings. The number of carbonyl (C=O) groups excluding carboxylic acids is 2. The number of amides is 2. The number of nitrogens with one attached hydrogen (secondary N) is 2. The lowest BCUT2D eigenvalue weighted by Gasteiger charge is -2.11. The molecule has 2 aromatic heterocycles. The molecule has 3 N–H and O–H groups in total. The Bertz CT molecular complexity index is 594. The van der Waals surface area contributed by atoms with E-state index in [9.17, 15) is 14.7 Å². The van der Waals surface area contributed by atoms with Gasteiger partial charge in [-0.2, -0.15) is 0 Å². The fourth-order valence-electron chi connectivity index (χ4n) is 1.54. The van der Waals surface area contributed by atoms with Gasteiger partial charge in [0.15, 0.2) is 5.82 Å². The van der Waals surface area contributed by atoms with Crippen molar-refractivity contribution < 1.29 is 19.2 Å². The lowest BCUT2D eigenvalue weighted by molar-refractivity contribution is -0.136. The second-order valence-electron chi connectivity index (χ2n) is 4.03. The minimum absolute atomic E-state index is 0.0353. The summed E-state index contributed by atoms with van der Waals surface area (Å²) in [6.07, 6.45) is 0.440. The summed E-state index contributed by atoms with van der Waals surface area (Å²) in [5.41, 5.74) is 0.948. The Morgan fingerprint density at radius 1 is 1.45 bits per heavy atom. The van der Waals surface area contributed by atoms with Crippen molar-refractivity contribution in [2.45, 2.75) is 13.0 Å². The van der Waals surface area contributed by atoms with Crippen LogP contribution in [0.2, 0.25) is 0 Å². The minimum atomic E-state index is -0.867. The van der Waals surface area contributed by atoms with Gasteiger partial charge >= 0.3 is 11.8 Å². The fourth-order valence-corrected chi connectivity index (χ4v) is 2.45. The molecule has 0 aromatic carbocycles. The Balaban J connectivity index is 1.83. The maximum absolute atomic E-state index is 11.5. The summed E-state index contributed by atoms with van der Waals surface area (Å²) in [5.74, 6) is -1.56. The Morgan fingerprint density at radius 2 is 2.25 bits per heavy atom. The first-order valence-electron chi connectivity index (χ1n) is 5.79. The van der Waals surface area contributed by atoms with Crippen LogP contribution in [-0.4, -0.2) is 28.6 Å². The van der Waals surface area contributed by atoms with Crippen molar-refractivity contribution in [1.29, 1.82) is 0 Å². The van der Waals surface area contributed by atoms with Gasteiger partial charge in [-0.15, -0.1) is 11.3 Å². The number of thiophene rings is 1. The van der Waals surface area contributed by atoms with Gasteiger partial charge in [0.2, 0.25) is 0 Å². The van der Waals surface area contributed by atoms with E-state index < -0.39 is 17.9 Å². The van der Waals surface area contributed by atoms with Crippen LogP contribution in [0.25, 0.3) is 0 Å². The van der Waals surface area contributed by atoms with E-state index in [2.05, 4.69) is 20.3 Å². The van der Waals surface area contributed by atoms with E-state index in [1.165, 1.54) is 23.7 Å². The van der Waals surface area contributed by atoms with E-state index in [0.717, 1.165) is 10.4 Å². The van der Waals surface area contributed by atoms with Crippen LogP contribution >= 0.6 is 11.3 Å². The van der Waals surface area contributed by atoms with Gasteiger partial charge in [0.1, 0.15) is 12.4 Å². The van der Waals surface area contributed by atoms with Crippen molar-refractivity contribution in [1.82, 2.24) is 10.5 Å². The van der Waals surface area contributed by atoms with Crippen molar-refractivity contribution >= 4 is 29.0 Å². The van der Waals surface area contributed by atoms with E-state index in [4.69, 9.17) is 0 Å². The van der Waals surface area contributed by atoms with Crippen LogP contribution in [0, 0.1) is 6.92 Å². The average Bonchev–Trinajstić information content (AvgIpc) is 3.06. The van der Waals surface area contributed by atoms with Gasteiger partial charge in [0.25, 0.3) is 0 Å². The molecule has 0 saturated carbocycles. The first-order chi connectivity index (χ1) is 9.58. The largest absolute Gasteiger partial charge is 0.386 e. The van der Waals surface area contributed by atoms with Crippen molar-refractivity contribution in [2.75, 3.05) is 11.9 Å². The van der Waals surface area contributed by atoms with Crippen LogP contribution < -0.4 is 10.6 Å². The molecule has 2 rings (SSSR count). The van der Waals surface area contributed by atoms with Gasteiger partial charge in [-0.1, -0.05) is 5.16 Å². The Kier molecular flexibility index (Phi) is 4.49. The number of aliphatic hydroxyl groups is 1. The van der Waals surface area contributed by atoms with Crippen molar-refractivity contribution in [3.05, 3.63) is 34.2 Å². The maximum atomic E-state index is 11.5. The summed E-state index contributed by atoms with van der Waals surface area (Å²) < 4.78 is 4.52. The molecule has 0 spiro atoms. The molecule has 1 atom stereocenters. The minimum Gasteiger partial charge on any atom is -0.386 e. The predicted octanol–water partition coefficient (Wildman–Crippen LogP) is 0.833. The quantitative estimate of drug-likeness (QED) is 0.725. The van der Waals surface area contributed by atoms with E-state index in [1.807, 2.05) is 18.4 Å². The third kappa shape index (κ3) is 3.43. The van der Waals surface area contributed by atoms with E-state index in [-0.39, 0.29) is 12.4 Å². The number of hydrogen-bond donors (Lipinski definition) is 3. The summed E-state index contributed by atoms with van der Waals surface area (Å²) >= 11 is 1.40. The number of rotatable bonds is 4. The molecule has 0 radical (unpaired) electrons. The molecule has 0 saturated heterocycles. The molecule has 7 nitrogen and oxygen atoms in total. The van der Waals surface area contributed by atoms with E-state index >= 15 is 0 Å². The highest BCUT2D eigenvalue weighted by molar-refractivity contribution is 7.10.